The lowest BCUT2D eigenvalue weighted by Crippen LogP contribution is -2.16. The number of halogens is 2. The van der Waals surface area contributed by atoms with Crippen molar-refractivity contribution in [3.8, 4) is 11.5 Å². The first-order valence-electron chi connectivity index (χ1n) is 6.13. The number of hydrogen-bond acceptors (Lipinski definition) is 3. The van der Waals surface area contributed by atoms with Crippen molar-refractivity contribution in [3.05, 3.63) is 23.3 Å². The van der Waals surface area contributed by atoms with Gasteiger partial charge >= 0.3 is 0 Å². The van der Waals surface area contributed by atoms with E-state index in [1.165, 1.54) is 6.07 Å². The quantitative estimate of drug-likeness (QED) is 0.825. The summed E-state index contributed by atoms with van der Waals surface area (Å²) in [4.78, 5) is 0. The lowest BCUT2D eigenvalue weighted by Gasteiger charge is -2.21. The Hall–Kier alpha value is -1.36. The van der Waals surface area contributed by atoms with Gasteiger partial charge in [-0.25, -0.2) is 8.78 Å². The summed E-state index contributed by atoms with van der Waals surface area (Å²) in [6, 6.07) is 3.07. The van der Waals surface area contributed by atoms with Crippen molar-refractivity contribution >= 4 is 0 Å². The molecule has 5 heteroatoms. The number of unbranched alkanes of at least 4 members (excludes halogenated alkanes) is 1. The molecule has 0 amide bonds. The minimum Gasteiger partial charge on any atom is -0.486 e. The van der Waals surface area contributed by atoms with E-state index in [1.807, 2.05) is 0 Å². The minimum atomic E-state index is -2.49. The lowest BCUT2D eigenvalue weighted by molar-refractivity contribution is 0.145. The van der Waals surface area contributed by atoms with E-state index in [0.717, 1.165) is 12.8 Å². The molecule has 1 aliphatic rings. The van der Waals surface area contributed by atoms with Gasteiger partial charge in [-0.1, -0.05) is 0 Å². The minimum absolute atomic E-state index is 0.0382. The molecule has 0 fully saturated rings. The Bertz CT molecular complexity index is 410. The summed E-state index contributed by atoms with van der Waals surface area (Å²) in [7, 11) is 0. The highest BCUT2D eigenvalue weighted by Crippen LogP contribution is 2.37. The SMILES string of the molecule is NCCCCc1cc2c(cc1C(F)F)OCCO2. The standard InChI is InChI=1S/C13H17F2NO2/c14-13(15)10-8-12-11(17-5-6-18-12)7-9(10)3-1-2-4-16/h7-8,13H,1-6,16H2. The highest BCUT2D eigenvalue weighted by molar-refractivity contribution is 5.48. The maximum absolute atomic E-state index is 13.0. The number of benzene rings is 1. The molecule has 0 aromatic heterocycles. The Kier molecular flexibility index (Phi) is 4.36. The molecule has 100 valence electrons. The van der Waals surface area contributed by atoms with Gasteiger partial charge in [0.25, 0.3) is 6.43 Å². The Morgan fingerprint density at radius 3 is 2.39 bits per heavy atom. The first-order valence-corrected chi connectivity index (χ1v) is 6.13. The Balaban J connectivity index is 2.24. The molecule has 0 aliphatic carbocycles. The second kappa shape index (κ2) is 6.00. The molecule has 0 bridgehead atoms. The second-order valence-corrected chi connectivity index (χ2v) is 4.24. The van der Waals surface area contributed by atoms with Crippen LogP contribution in [0, 0.1) is 0 Å². The molecule has 3 nitrogen and oxygen atoms in total. The van der Waals surface area contributed by atoms with E-state index in [2.05, 4.69) is 0 Å². The van der Waals surface area contributed by atoms with Crippen molar-refractivity contribution in [2.24, 2.45) is 5.73 Å². The molecule has 0 radical (unpaired) electrons. The van der Waals surface area contributed by atoms with E-state index >= 15 is 0 Å². The van der Waals surface area contributed by atoms with Gasteiger partial charge in [0.15, 0.2) is 11.5 Å². The van der Waals surface area contributed by atoms with Crippen LogP contribution in [-0.2, 0) is 6.42 Å². The number of ether oxygens (including phenoxy) is 2. The van der Waals surface area contributed by atoms with E-state index < -0.39 is 6.43 Å². The zero-order chi connectivity index (χ0) is 13.0. The van der Waals surface area contributed by atoms with Gasteiger partial charge in [0.1, 0.15) is 13.2 Å². The summed E-state index contributed by atoms with van der Waals surface area (Å²) in [6.45, 7) is 1.44. The van der Waals surface area contributed by atoms with Gasteiger partial charge < -0.3 is 15.2 Å². The van der Waals surface area contributed by atoms with Gasteiger partial charge in [0.2, 0.25) is 0 Å². The molecular weight excluding hydrogens is 240 g/mol. The van der Waals surface area contributed by atoms with Crippen LogP contribution in [0.25, 0.3) is 0 Å². The Labute approximate surface area is 105 Å². The molecule has 18 heavy (non-hydrogen) atoms. The van der Waals surface area contributed by atoms with Crippen molar-refractivity contribution in [2.75, 3.05) is 19.8 Å². The van der Waals surface area contributed by atoms with Crippen LogP contribution in [-0.4, -0.2) is 19.8 Å². The fourth-order valence-corrected chi connectivity index (χ4v) is 2.03. The van der Waals surface area contributed by atoms with Crippen LogP contribution in [0.5, 0.6) is 11.5 Å². The number of fused-ring (bicyclic) bond motifs is 1. The number of rotatable bonds is 5. The maximum Gasteiger partial charge on any atom is 0.264 e. The topological polar surface area (TPSA) is 44.5 Å². The first-order chi connectivity index (χ1) is 8.72. The Morgan fingerprint density at radius 1 is 1.11 bits per heavy atom. The van der Waals surface area contributed by atoms with Crippen LogP contribution >= 0.6 is 0 Å². The molecule has 2 N–H and O–H groups in total. The van der Waals surface area contributed by atoms with E-state index in [-0.39, 0.29) is 5.56 Å². The average Bonchev–Trinajstić information content (AvgIpc) is 2.38. The number of nitrogens with two attached hydrogens (primary N) is 1. The van der Waals surface area contributed by atoms with Gasteiger partial charge in [-0.2, -0.15) is 0 Å². The predicted molar refractivity (Wildman–Crippen MR) is 64.4 cm³/mol. The molecule has 0 spiro atoms. The second-order valence-electron chi connectivity index (χ2n) is 4.24. The molecule has 1 aromatic rings. The summed E-state index contributed by atoms with van der Waals surface area (Å²) < 4.78 is 36.7. The summed E-state index contributed by atoms with van der Waals surface area (Å²) in [5.74, 6) is 0.979. The fraction of sp³-hybridized carbons (Fsp3) is 0.538. The van der Waals surface area contributed by atoms with Gasteiger partial charge in [0.05, 0.1) is 0 Å². The molecule has 0 saturated carbocycles. The summed E-state index contributed by atoms with van der Waals surface area (Å²) in [6.07, 6.45) is -0.269. The fourth-order valence-electron chi connectivity index (χ4n) is 2.03. The monoisotopic (exact) mass is 257 g/mol. The van der Waals surface area contributed by atoms with E-state index in [4.69, 9.17) is 15.2 Å². The third-order valence-corrected chi connectivity index (χ3v) is 2.94. The maximum atomic E-state index is 13.0. The largest absolute Gasteiger partial charge is 0.486 e. The van der Waals surface area contributed by atoms with Crippen molar-refractivity contribution in [2.45, 2.75) is 25.7 Å². The van der Waals surface area contributed by atoms with E-state index in [0.29, 0.717) is 43.2 Å². The van der Waals surface area contributed by atoms with Gasteiger partial charge in [0, 0.05) is 5.56 Å². The number of aryl methyl sites for hydroxylation is 1. The zero-order valence-corrected chi connectivity index (χ0v) is 10.1. The van der Waals surface area contributed by atoms with Crippen LogP contribution in [0.15, 0.2) is 12.1 Å². The summed E-state index contributed by atoms with van der Waals surface area (Å²) in [5, 5.41) is 0. The van der Waals surface area contributed by atoms with Crippen LogP contribution in [0.1, 0.15) is 30.4 Å². The molecule has 1 aliphatic heterocycles. The number of alkyl halides is 2. The lowest BCUT2D eigenvalue weighted by atomic mass is 10.0. The van der Waals surface area contributed by atoms with Crippen LogP contribution < -0.4 is 15.2 Å². The van der Waals surface area contributed by atoms with Crippen molar-refractivity contribution in [3.63, 3.8) is 0 Å². The third-order valence-electron chi connectivity index (χ3n) is 2.94. The van der Waals surface area contributed by atoms with Crippen LogP contribution in [0.3, 0.4) is 0 Å². The van der Waals surface area contributed by atoms with Gasteiger partial charge in [-0.15, -0.1) is 0 Å². The molecule has 1 heterocycles. The Morgan fingerprint density at radius 2 is 1.78 bits per heavy atom. The first kappa shape index (κ1) is 13.1. The third kappa shape index (κ3) is 2.90. The zero-order valence-electron chi connectivity index (χ0n) is 10.1. The van der Waals surface area contributed by atoms with Crippen LogP contribution in [0.4, 0.5) is 8.78 Å². The number of hydrogen-bond donors (Lipinski definition) is 1. The van der Waals surface area contributed by atoms with Gasteiger partial charge in [-0.3, -0.25) is 0 Å². The summed E-state index contributed by atoms with van der Waals surface area (Å²) in [5.41, 5.74) is 6.07. The highest BCUT2D eigenvalue weighted by Gasteiger charge is 2.20. The van der Waals surface area contributed by atoms with E-state index in [1.54, 1.807) is 6.07 Å². The molecule has 2 rings (SSSR count). The highest BCUT2D eigenvalue weighted by atomic mass is 19.3. The molecule has 1 aromatic carbocycles. The van der Waals surface area contributed by atoms with Crippen LogP contribution in [0.2, 0.25) is 0 Å². The van der Waals surface area contributed by atoms with E-state index in [9.17, 15) is 8.78 Å². The molecular formula is C13H17F2NO2. The molecule has 0 saturated heterocycles. The van der Waals surface area contributed by atoms with Crippen molar-refractivity contribution < 1.29 is 18.3 Å². The smallest absolute Gasteiger partial charge is 0.264 e. The van der Waals surface area contributed by atoms with Crippen molar-refractivity contribution in [1.29, 1.82) is 0 Å². The average molecular weight is 257 g/mol. The molecule has 0 unspecified atom stereocenters. The van der Waals surface area contributed by atoms with Gasteiger partial charge in [-0.05, 0) is 43.5 Å². The van der Waals surface area contributed by atoms with Crippen molar-refractivity contribution in [1.82, 2.24) is 0 Å². The molecule has 0 atom stereocenters. The normalized spacial score (nSPS) is 14.0. The summed E-state index contributed by atoms with van der Waals surface area (Å²) >= 11 is 0. The predicted octanol–water partition coefficient (Wildman–Crippen LogP) is 2.68.